The van der Waals surface area contributed by atoms with Crippen LogP contribution in [0.5, 0.6) is 0 Å². The summed E-state index contributed by atoms with van der Waals surface area (Å²) in [4.78, 5) is 13.7. The Balaban J connectivity index is 2.39. The normalized spacial score (nSPS) is 16.8. The van der Waals surface area contributed by atoms with Crippen LogP contribution in [0.3, 0.4) is 0 Å². The second-order valence-electron chi connectivity index (χ2n) is 4.97. The minimum Gasteiger partial charge on any atom is -0.399 e. The fraction of sp³-hybridized carbons (Fsp3) is 0.235. The van der Waals surface area contributed by atoms with Crippen molar-refractivity contribution in [2.45, 2.75) is 26.7 Å². The number of benzene rings is 1. The van der Waals surface area contributed by atoms with Gasteiger partial charge in [0.15, 0.2) is 5.78 Å². The van der Waals surface area contributed by atoms with Gasteiger partial charge in [0.2, 0.25) is 0 Å². The van der Waals surface area contributed by atoms with Gasteiger partial charge in [0.25, 0.3) is 0 Å². The van der Waals surface area contributed by atoms with Gasteiger partial charge in [-0.3, -0.25) is 4.79 Å². The Morgan fingerprint density at radius 3 is 2.86 bits per heavy atom. The van der Waals surface area contributed by atoms with Gasteiger partial charge in [-0.15, -0.1) is 0 Å². The molecule has 0 saturated carbocycles. The zero-order chi connectivity index (χ0) is 15.4. The van der Waals surface area contributed by atoms with E-state index >= 15 is 0 Å². The molecule has 3 nitrogen and oxygen atoms in total. The summed E-state index contributed by atoms with van der Waals surface area (Å²) in [7, 11) is 0. The smallest absolute Gasteiger partial charge is 0.157 e. The van der Waals surface area contributed by atoms with Gasteiger partial charge in [0.1, 0.15) is 0 Å². The third kappa shape index (κ3) is 3.64. The van der Waals surface area contributed by atoms with Crippen LogP contribution in [0.2, 0.25) is 0 Å². The molecule has 0 bridgehead atoms. The topological polar surface area (TPSA) is 46.3 Å². The van der Waals surface area contributed by atoms with Crippen LogP contribution in [-0.4, -0.2) is 5.78 Å². The summed E-state index contributed by atoms with van der Waals surface area (Å²) in [6, 6.07) is 5.70. The number of anilines is 2. The highest BCUT2D eigenvalue weighted by Gasteiger charge is 2.23. The predicted octanol–water partition coefficient (Wildman–Crippen LogP) is 4.56. The molecule has 1 aromatic rings. The van der Waals surface area contributed by atoms with Crippen molar-refractivity contribution in [2.24, 2.45) is 0 Å². The molecule has 1 aromatic carbocycles. The van der Waals surface area contributed by atoms with Crippen molar-refractivity contribution in [3.05, 3.63) is 58.4 Å². The van der Waals surface area contributed by atoms with Gasteiger partial charge in [-0.25, -0.2) is 0 Å². The van der Waals surface area contributed by atoms with Gasteiger partial charge in [-0.1, -0.05) is 18.2 Å². The highest BCUT2D eigenvalue weighted by Crippen LogP contribution is 2.37. The molecular formula is C17H19BrN2O. The monoisotopic (exact) mass is 346 g/mol. The van der Waals surface area contributed by atoms with E-state index in [1.54, 1.807) is 6.92 Å². The van der Waals surface area contributed by atoms with Crippen molar-refractivity contribution in [3.63, 3.8) is 0 Å². The molecule has 21 heavy (non-hydrogen) atoms. The molecule has 2 rings (SSSR count). The van der Waals surface area contributed by atoms with Crippen LogP contribution < -0.4 is 10.6 Å². The van der Waals surface area contributed by atoms with Gasteiger partial charge in [-0.2, -0.15) is 0 Å². The van der Waals surface area contributed by atoms with E-state index in [1.165, 1.54) is 0 Å². The lowest BCUT2D eigenvalue weighted by Gasteiger charge is -2.20. The van der Waals surface area contributed by atoms with Gasteiger partial charge < -0.3 is 10.6 Å². The summed E-state index contributed by atoms with van der Waals surface area (Å²) in [5, 5.41) is 0. The first kappa shape index (κ1) is 15.6. The van der Waals surface area contributed by atoms with E-state index in [1.807, 2.05) is 37.4 Å². The quantitative estimate of drug-likeness (QED) is 0.641. The number of nitrogens with zero attached hydrogens (tertiary/aromatic N) is 1. The Labute approximate surface area is 133 Å². The Morgan fingerprint density at radius 2 is 2.24 bits per heavy atom. The van der Waals surface area contributed by atoms with E-state index in [9.17, 15) is 4.79 Å². The van der Waals surface area contributed by atoms with Crippen LogP contribution in [0.4, 0.5) is 11.4 Å². The van der Waals surface area contributed by atoms with E-state index in [2.05, 4.69) is 33.0 Å². The minimum absolute atomic E-state index is 0.112. The predicted molar refractivity (Wildman–Crippen MR) is 91.9 cm³/mol. The molecule has 0 amide bonds. The third-order valence-electron chi connectivity index (χ3n) is 3.37. The first-order chi connectivity index (χ1) is 10.0. The van der Waals surface area contributed by atoms with Crippen molar-refractivity contribution < 1.29 is 4.79 Å². The molecular weight excluding hydrogens is 328 g/mol. The third-order valence-corrected chi connectivity index (χ3v) is 4.01. The number of hydrogen-bond donors (Lipinski definition) is 1. The maximum atomic E-state index is 11.7. The van der Waals surface area contributed by atoms with E-state index < -0.39 is 0 Å². The van der Waals surface area contributed by atoms with Gasteiger partial charge in [-0.05, 0) is 54.4 Å². The molecule has 1 aliphatic heterocycles. The molecule has 0 spiro atoms. The van der Waals surface area contributed by atoms with Crippen LogP contribution >= 0.6 is 15.9 Å². The van der Waals surface area contributed by atoms with E-state index in [0.29, 0.717) is 12.1 Å². The Bertz CT molecular complexity index is 644. The summed E-state index contributed by atoms with van der Waals surface area (Å²) in [5.74, 6) is 0.112. The number of Topliss-reactive ketones (excluding diaryl/α,β-unsaturated/α-hetero) is 1. The van der Waals surface area contributed by atoms with Crippen molar-refractivity contribution in [3.8, 4) is 0 Å². The zero-order valence-corrected chi connectivity index (χ0v) is 13.9. The number of allylic oxidation sites excluding steroid dienone is 4. The molecule has 0 atom stereocenters. The van der Waals surface area contributed by atoms with Crippen molar-refractivity contribution in [1.29, 1.82) is 0 Å². The Hall–Kier alpha value is -1.81. The fourth-order valence-corrected chi connectivity index (χ4v) is 2.82. The molecule has 1 heterocycles. The van der Waals surface area contributed by atoms with Crippen LogP contribution in [-0.2, 0) is 4.79 Å². The summed E-state index contributed by atoms with van der Waals surface area (Å²) < 4.78 is 0.917. The first-order valence-corrected chi connectivity index (χ1v) is 7.68. The lowest BCUT2D eigenvalue weighted by Crippen LogP contribution is -2.11. The van der Waals surface area contributed by atoms with Gasteiger partial charge >= 0.3 is 0 Å². The highest BCUT2D eigenvalue weighted by molar-refractivity contribution is 9.10. The van der Waals surface area contributed by atoms with E-state index in [0.717, 1.165) is 27.9 Å². The van der Waals surface area contributed by atoms with Crippen molar-refractivity contribution >= 4 is 33.1 Å². The summed E-state index contributed by atoms with van der Waals surface area (Å²) in [6.45, 7) is 3.61. The second-order valence-corrected chi connectivity index (χ2v) is 5.82. The first-order valence-electron chi connectivity index (χ1n) is 6.89. The molecule has 1 aliphatic rings. The highest BCUT2D eigenvalue weighted by atomic mass is 79.9. The lowest BCUT2D eigenvalue weighted by molar-refractivity contribution is -0.113. The number of halogens is 1. The number of carbonyl (C=O) groups excluding carboxylic acids is 1. The van der Waals surface area contributed by atoms with Gasteiger partial charge in [0, 0.05) is 34.1 Å². The summed E-state index contributed by atoms with van der Waals surface area (Å²) >= 11 is 3.55. The number of nitrogens with two attached hydrogens (primary N) is 1. The van der Waals surface area contributed by atoms with Crippen LogP contribution in [0, 0.1) is 0 Å². The molecule has 0 aromatic heterocycles. The van der Waals surface area contributed by atoms with Crippen molar-refractivity contribution in [2.75, 3.05) is 10.6 Å². The maximum Gasteiger partial charge on any atom is 0.157 e. The number of carbonyl (C=O) groups is 1. The molecule has 110 valence electrons. The molecule has 2 N–H and O–H groups in total. The Kier molecular flexibility index (Phi) is 5.02. The van der Waals surface area contributed by atoms with Gasteiger partial charge in [0.05, 0.1) is 5.69 Å². The summed E-state index contributed by atoms with van der Waals surface area (Å²) in [5.41, 5.74) is 9.43. The molecule has 0 aliphatic carbocycles. The lowest BCUT2D eigenvalue weighted by atomic mass is 10.1. The molecule has 0 fully saturated rings. The van der Waals surface area contributed by atoms with Crippen LogP contribution in [0.15, 0.2) is 58.4 Å². The standard InChI is InChI=1S/C17H19BrN2O/c1-3-4-5-6-15-9-13(12(2)21)11-20(15)17-8-7-14(19)10-16(17)18/h3-4,6-8,10-11H,5,9,19H2,1-2H3/b4-3-,15-6+. The maximum absolute atomic E-state index is 11.7. The van der Waals surface area contributed by atoms with E-state index in [-0.39, 0.29) is 5.78 Å². The minimum atomic E-state index is 0.112. The SMILES string of the molecule is C/C=C\C/C=C1\CC(C(C)=O)=CN1c1ccc(N)cc1Br. The van der Waals surface area contributed by atoms with Crippen LogP contribution in [0.1, 0.15) is 26.7 Å². The molecule has 0 unspecified atom stereocenters. The zero-order valence-electron chi connectivity index (χ0n) is 12.3. The second kappa shape index (κ2) is 6.76. The largest absolute Gasteiger partial charge is 0.399 e. The van der Waals surface area contributed by atoms with Crippen molar-refractivity contribution in [1.82, 2.24) is 0 Å². The average Bonchev–Trinajstić information content (AvgIpc) is 2.83. The summed E-state index contributed by atoms with van der Waals surface area (Å²) in [6.07, 6.45) is 9.71. The fourth-order valence-electron chi connectivity index (χ4n) is 2.23. The number of nitrogen functional groups attached to an aromatic ring is 1. The number of rotatable bonds is 4. The Morgan fingerprint density at radius 1 is 1.48 bits per heavy atom. The molecule has 0 saturated heterocycles. The average molecular weight is 347 g/mol. The van der Waals surface area contributed by atoms with Crippen LogP contribution in [0.25, 0.3) is 0 Å². The van der Waals surface area contributed by atoms with E-state index in [4.69, 9.17) is 5.73 Å². The number of hydrogen-bond acceptors (Lipinski definition) is 3. The number of ketones is 1. The molecule has 4 heteroatoms. The molecule has 0 radical (unpaired) electrons.